The van der Waals surface area contributed by atoms with Gasteiger partial charge in [-0.25, -0.2) is 4.98 Å². The first-order valence-electron chi connectivity index (χ1n) is 11.0. The van der Waals surface area contributed by atoms with Crippen LogP contribution in [0, 0.1) is 19.8 Å². The van der Waals surface area contributed by atoms with Crippen molar-refractivity contribution in [3.63, 3.8) is 0 Å². The fourth-order valence-corrected chi connectivity index (χ4v) is 4.52. The summed E-state index contributed by atoms with van der Waals surface area (Å²) in [6.45, 7) is 11.1. The lowest BCUT2D eigenvalue weighted by molar-refractivity contribution is -0.121. The van der Waals surface area contributed by atoms with E-state index in [1.165, 1.54) is 11.1 Å². The smallest absolute Gasteiger partial charge is 0.228 e. The second kappa shape index (κ2) is 8.60. The highest BCUT2D eigenvalue weighted by Gasteiger charge is 2.27. The third-order valence-corrected chi connectivity index (χ3v) is 6.29. The minimum Gasteiger partial charge on any atom is -0.326 e. The fraction of sp³-hybridized carbons (Fsp3) is 0.440. The van der Waals surface area contributed by atoms with Gasteiger partial charge in [-0.15, -0.1) is 0 Å². The normalized spacial score (nSPS) is 17.6. The fourth-order valence-electron chi connectivity index (χ4n) is 4.52. The third-order valence-electron chi connectivity index (χ3n) is 6.29. The average molecular weight is 405 g/mol. The Bertz CT molecular complexity index is 1050. The molecule has 3 aromatic rings. The number of nitrogens with one attached hydrogen (secondary N) is 1. The molecule has 1 saturated heterocycles. The number of hydrogen-bond acceptors (Lipinski definition) is 3. The van der Waals surface area contributed by atoms with E-state index >= 15 is 0 Å². The Morgan fingerprint density at radius 3 is 2.77 bits per heavy atom. The number of imidazole rings is 1. The van der Waals surface area contributed by atoms with E-state index < -0.39 is 0 Å². The summed E-state index contributed by atoms with van der Waals surface area (Å²) in [5.41, 5.74) is 5.50. The molecule has 1 aromatic heterocycles. The Kier molecular flexibility index (Phi) is 5.91. The maximum atomic E-state index is 13.0. The lowest BCUT2D eigenvalue weighted by atomic mass is 9.96. The number of carbonyl (C=O) groups is 1. The minimum atomic E-state index is 0.00976. The van der Waals surface area contributed by atoms with Crippen LogP contribution in [0.25, 0.3) is 11.0 Å². The molecule has 4 rings (SSSR count). The largest absolute Gasteiger partial charge is 0.326 e. The van der Waals surface area contributed by atoms with E-state index in [2.05, 4.69) is 66.7 Å². The lowest BCUT2D eigenvalue weighted by Gasteiger charge is -2.32. The van der Waals surface area contributed by atoms with Crippen molar-refractivity contribution in [2.45, 2.75) is 53.1 Å². The van der Waals surface area contributed by atoms with Gasteiger partial charge in [0.1, 0.15) is 5.82 Å². The van der Waals surface area contributed by atoms with Crippen molar-refractivity contribution in [1.82, 2.24) is 14.5 Å². The van der Waals surface area contributed by atoms with Gasteiger partial charge in [-0.2, -0.15) is 0 Å². The Labute approximate surface area is 179 Å². The summed E-state index contributed by atoms with van der Waals surface area (Å²) in [7, 11) is 0. The zero-order valence-electron chi connectivity index (χ0n) is 18.5. The highest BCUT2D eigenvalue weighted by molar-refractivity contribution is 5.93. The summed E-state index contributed by atoms with van der Waals surface area (Å²) >= 11 is 0. The topological polar surface area (TPSA) is 50.2 Å². The lowest BCUT2D eigenvalue weighted by Crippen LogP contribution is -2.40. The van der Waals surface area contributed by atoms with Gasteiger partial charge in [-0.1, -0.05) is 24.3 Å². The number of aromatic nitrogens is 2. The van der Waals surface area contributed by atoms with Gasteiger partial charge in [0.25, 0.3) is 0 Å². The zero-order valence-corrected chi connectivity index (χ0v) is 18.5. The molecule has 1 amide bonds. The summed E-state index contributed by atoms with van der Waals surface area (Å²) in [5, 5.41) is 3.17. The van der Waals surface area contributed by atoms with Crippen LogP contribution >= 0.6 is 0 Å². The van der Waals surface area contributed by atoms with Gasteiger partial charge in [-0.3, -0.25) is 9.69 Å². The number of carbonyl (C=O) groups excluding carboxylic acids is 1. The highest BCUT2D eigenvalue weighted by atomic mass is 16.1. The predicted octanol–water partition coefficient (Wildman–Crippen LogP) is 5.08. The van der Waals surface area contributed by atoms with Gasteiger partial charge in [0.2, 0.25) is 5.91 Å². The average Bonchev–Trinajstić information content (AvgIpc) is 3.09. The molecule has 2 heterocycles. The van der Waals surface area contributed by atoms with Crippen LogP contribution in [0.4, 0.5) is 5.69 Å². The zero-order chi connectivity index (χ0) is 21.3. The van der Waals surface area contributed by atoms with Crippen LogP contribution in [0.15, 0.2) is 42.5 Å². The van der Waals surface area contributed by atoms with Crippen molar-refractivity contribution in [1.29, 1.82) is 0 Å². The van der Waals surface area contributed by atoms with Crippen LogP contribution in [-0.2, 0) is 11.3 Å². The van der Waals surface area contributed by atoms with Gasteiger partial charge in [-0.05, 0) is 76.4 Å². The predicted molar refractivity (Wildman–Crippen MR) is 123 cm³/mol. The number of benzene rings is 2. The van der Waals surface area contributed by atoms with E-state index in [1.807, 2.05) is 18.2 Å². The van der Waals surface area contributed by atoms with Crippen molar-refractivity contribution in [3.05, 3.63) is 59.4 Å². The molecule has 0 saturated carbocycles. The molecule has 1 aliphatic heterocycles. The second-order valence-electron chi connectivity index (χ2n) is 8.79. The van der Waals surface area contributed by atoms with E-state index in [9.17, 15) is 4.79 Å². The summed E-state index contributed by atoms with van der Waals surface area (Å²) in [5.74, 6) is 1.23. The van der Waals surface area contributed by atoms with Crippen molar-refractivity contribution < 1.29 is 4.79 Å². The number of amides is 1. The number of nitrogens with zero attached hydrogens (tertiary/aromatic N) is 3. The Balaban J connectivity index is 1.48. The van der Waals surface area contributed by atoms with Gasteiger partial charge >= 0.3 is 0 Å². The van der Waals surface area contributed by atoms with Crippen molar-refractivity contribution >= 4 is 22.6 Å². The molecule has 1 atom stereocenters. The van der Waals surface area contributed by atoms with Gasteiger partial charge in [0.05, 0.1) is 23.5 Å². The number of fused-ring (bicyclic) bond motifs is 1. The molecule has 0 aliphatic carbocycles. The maximum Gasteiger partial charge on any atom is 0.228 e. The highest BCUT2D eigenvalue weighted by Crippen LogP contribution is 2.25. The van der Waals surface area contributed by atoms with Crippen LogP contribution in [0.2, 0.25) is 0 Å². The number of rotatable bonds is 5. The van der Waals surface area contributed by atoms with Crippen LogP contribution in [-0.4, -0.2) is 33.4 Å². The van der Waals surface area contributed by atoms with Crippen molar-refractivity contribution in [3.8, 4) is 0 Å². The minimum absolute atomic E-state index is 0.00976. The first kappa shape index (κ1) is 20.6. The standard InChI is InChI=1S/C25H32N4O/c1-17(2)29-23-13-6-5-11-22(23)26-24(29)16-28-14-8-10-20(15-28)25(30)27-21-12-7-9-18(3)19(21)4/h5-7,9,11-13,17,20H,8,10,14-16H2,1-4H3,(H,27,30)/t20-/m0/s1. The number of anilines is 1. The van der Waals surface area contributed by atoms with E-state index in [-0.39, 0.29) is 11.8 Å². The van der Waals surface area contributed by atoms with Gasteiger partial charge < -0.3 is 9.88 Å². The molecule has 0 spiro atoms. The molecule has 1 aliphatic rings. The molecular weight excluding hydrogens is 372 g/mol. The first-order chi connectivity index (χ1) is 14.4. The number of piperidine rings is 1. The number of hydrogen-bond donors (Lipinski definition) is 1. The molecule has 5 nitrogen and oxygen atoms in total. The third kappa shape index (κ3) is 4.12. The van der Waals surface area contributed by atoms with E-state index in [0.29, 0.717) is 6.04 Å². The van der Waals surface area contributed by atoms with Crippen LogP contribution < -0.4 is 5.32 Å². The molecule has 158 valence electrons. The van der Waals surface area contributed by atoms with Gasteiger partial charge in [0.15, 0.2) is 0 Å². The van der Waals surface area contributed by atoms with Crippen LogP contribution in [0.5, 0.6) is 0 Å². The molecule has 0 unspecified atom stereocenters. The first-order valence-corrected chi connectivity index (χ1v) is 11.0. The summed E-state index contributed by atoms with van der Waals surface area (Å²) in [6, 6.07) is 14.7. The Hall–Kier alpha value is -2.66. The molecule has 0 bridgehead atoms. The maximum absolute atomic E-state index is 13.0. The summed E-state index contributed by atoms with van der Waals surface area (Å²) in [6.07, 6.45) is 1.97. The summed E-state index contributed by atoms with van der Waals surface area (Å²) in [4.78, 5) is 20.3. The molecule has 2 aromatic carbocycles. The molecule has 0 radical (unpaired) electrons. The summed E-state index contributed by atoms with van der Waals surface area (Å²) < 4.78 is 2.33. The SMILES string of the molecule is Cc1cccc(NC(=O)[C@H]2CCCN(Cc3nc4ccccc4n3C(C)C)C2)c1C. The van der Waals surface area contributed by atoms with Gasteiger partial charge in [0, 0.05) is 18.3 Å². The number of aryl methyl sites for hydroxylation is 1. The Morgan fingerprint density at radius 1 is 1.17 bits per heavy atom. The van der Waals surface area contributed by atoms with E-state index in [0.717, 1.165) is 55.1 Å². The molecule has 1 fully saturated rings. The van der Waals surface area contributed by atoms with Crippen molar-refractivity contribution in [2.24, 2.45) is 5.92 Å². The Morgan fingerprint density at radius 2 is 1.97 bits per heavy atom. The molecule has 1 N–H and O–H groups in total. The number of likely N-dealkylation sites (tertiary alicyclic amines) is 1. The molecule has 5 heteroatoms. The number of para-hydroxylation sites is 2. The van der Waals surface area contributed by atoms with Crippen LogP contribution in [0.1, 0.15) is 49.7 Å². The second-order valence-corrected chi connectivity index (χ2v) is 8.79. The molecular formula is C25H32N4O. The van der Waals surface area contributed by atoms with Crippen LogP contribution in [0.3, 0.4) is 0 Å². The van der Waals surface area contributed by atoms with E-state index in [4.69, 9.17) is 4.98 Å². The molecule has 30 heavy (non-hydrogen) atoms. The quantitative estimate of drug-likeness (QED) is 0.645. The van der Waals surface area contributed by atoms with E-state index in [1.54, 1.807) is 0 Å². The van der Waals surface area contributed by atoms with Crippen molar-refractivity contribution in [2.75, 3.05) is 18.4 Å². The monoisotopic (exact) mass is 404 g/mol.